The van der Waals surface area contributed by atoms with Crippen molar-refractivity contribution < 1.29 is 9.53 Å². The van der Waals surface area contributed by atoms with Gasteiger partial charge in [-0.05, 0) is 19.8 Å². The van der Waals surface area contributed by atoms with E-state index in [2.05, 4.69) is 5.32 Å². The Morgan fingerprint density at radius 3 is 2.83 bits per heavy atom. The van der Waals surface area contributed by atoms with E-state index in [1.54, 1.807) is 0 Å². The molecule has 0 radical (unpaired) electrons. The van der Waals surface area contributed by atoms with Crippen molar-refractivity contribution in [2.45, 2.75) is 25.3 Å². The van der Waals surface area contributed by atoms with E-state index in [9.17, 15) is 4.79 Å². The zero-order valence-corrected chi connectivity index (χ0v) is 7.43. The lowest BCUT2D eigenvalue weighted by Gasteiger charge is -2.10. The third kappa shape index (κ3) is 3.19. The van der Waals surface area contributed by atoms with Gasteiger partial charge in [0.2, 0.25) is 5.91 Å². The molecule has 0 aromatic carbocycles. The number of nitrogens with one attached hydrogen (secondary N) is 1. The molecule has 0 spiro atoms. The number of amides is 1. The van der Waals surface area contributed by atoms with E-state index in [1.165, 1.54) is 0 Å². The second kappa shape index (κ2) is 3.87. The second-order valence-corrected chi connectivity index (χ2v) is 3.45. The van der Waals surface area contributed by atoms with Crippen molar-refractivity contribution in [3.05, 3.63) is 0 Å². The molecule has 1 fully saturated rings. The van der Waals surface area contributed by atoms with Gasteiger partial charge in [0, 0.05) is 12.1 Å². The first-order valence-corrected chi connectivity index (χ1v) is 4.25. The van der Waals surface area contributed by atoms with Crippen LogP contribution in [0.4, 0.5) is 0 Å². The minimum Gasteiger partial charge on any atom is -0.370 e. The predicted molar refractivity (Wildman–Crippen MR) is 45.7 cm³/mol. The van der Waals surface area contributed by atoms with Crippen LogP contribution in [0.2, 0.25) is 0 Å². The monoisotopic (exact) mass is 172 g/mol. The highest BCUT2D eigenvalue weighted by molar-refractivity contribution is 5.78. The van der Waals surface area contributed by atoms with Gasteiger partial charge in [0.25, 0.3) is 0 Å². The average Bonchev–Trinajstić information content (AvgIpc) is 2.68. The smallest absolute Gasteiger partial charge is 0.246 e. The summed E-state index contributed by atoms with van der Waals surface area (Å²) in [7, 11) is 0. The van der Waals surface area contributed by atoms with Crippen LogP contribution in [-0.2, 0) is 9.53 Å². The fraction of sp³-hybridized carbons (Fsp3) is 0.875. The van der Waals surface area contributed by atoms with Crippen molar-refractivity contribution in [3.63, 3.8) is 0 Å². The molecule has 0 atom stereocenters. The van der Waals surface area contributed by atoms with Crippen molar-refractivity contribution in [3.8, 4) is 0 Å². The molecule has 4 heteroatoms. The molecule has 0 aliphatic heterocycles. The van der Waals surface area contributed by atoms with Crippen LogP contribution in [-0.4, -0.2) is 31.2 Å². The lowest BCUT2D eigenvalue weighted by Crippen LogP contribution is -2.37. The number of ether oxygens (including phenoxy) is 1. The van der Waals surface area contributed by atoms with E-state index >= 15 is 0 Å². The van der Waals surface area contributed by atoms with Crippen molar-refractivity contribution >= 4 is 5.91 Å². The average molecular weight is 172 g/mol. The number of nitrogens with two attached hydrogens (primary N) is 1. The highest BCUT2D eigenvalue weighted by Crippen LogP contribution is 2.33. The van der Waals surface area contributed by atoms with Gasteiger partial charge in [-0.3, -0.25) is 4.79 Å². The fourth-order valence-electron chi connectivity index (χ4n) is 0.933. The Hall–Kier alpha value is -0.610. The maximum absolute atomic E-state index is 11.1. The van der Waals surface area contributed by atoms with Crippen molar-refractivity contribution in [2.24, 2.45) is 5.73 Å². The summed E-state index contributed by atoms with van der Waals surface area (Å²) < 4.78 is 4.98. The fourth-order valence-corrected chi connectivity index (χ4v) is 0.933. The van der Waals surface area contributed by atoms with Gasteiger partial charge in [0.05, 0.1) is 6.61 Å². The second-order valence-electron chi connectivity index (χ2n) is 3.45. The van der Waals surface area contributed by atoms with E-state index in [1.807, 2.05) is 6.92 Å². The molecule has 12 heavy (non-hydrogen) atoms. The zero-order chi connectivity index (χ0) is 9.03. The summed E-state index contributed by atoms with van der Waals surface area (Å²) in [5, 5.41) is 2.88. The molecule has 1 rings (SSSR count). The first kappa shape index (κ1) is 9.48. The Bertz CT molecular complexity index is 166. The largest absolute Gasteiger partial charge is 0.370 e. The van der Waals surface area contributed by atoms with Gasteiger partial charge in [-0.1, -0.05) is 0 Å². The van der Waals surface area contributed by atoms with Gasteiger partial charge in [-0.25, -0.2) is 0 Å². The molecular weight excluding hydrogens is 156 g/mol. The molecule has 0 saturated heterocycles. The van der Waals surface area contributed by atoms with Crippen molar-refractivity contribution in [1.82, 2.24) is 5.32 Å². The number of carbonyl (C=O) groups is 1. The predicted octanol–water partition coefficient (Wildman–Crippen LogP) is -0.370. The molecule has 1 saturated carbocycles. The molecular formula is C8H16N2O2. The van der Waals surface area contributed by atoms with E-state index in [0.717, 1.165) is 12.8 Å². The lowest BCUT2D eigenvalue weighted by molar-refractivity contribution is -0.126. The maximum Gasteiger partial charge on any atom is 0.246 e. The summed E-state index contributed by atoms with van der Waals surface area (Å²) in [4.78, 5) is 11.1. The van der Waals surface area contributed by atoms with Crippen LogP contribution in [0.1, 0.15) is 19.8 Å². The van der Waals surface area contributed by atoms with Crippen LogP contribution >= 0.6 is 0 Å². The van der Waals surface area contributed by atoms with Crippen LogP contribution in [0, 0.1) is 0 Å². The SMILES string of the molecule is CC1(NC(=O)COCCN)CC1. The minimum atomic E-state index is -0.0385. The molecule has 0 heterocycles. The van der Waals surface area contributed by atoms with Crippen LogP contribution in [0.15, 0.2) is 0 Å². The number of hydrogen-bond acceptors (Lipinski definition) is 3. The van der Waals surface area contributed by atoms with Gasteiger partial charge in [-0.15, -0.1) is 0 Å². The number of rotatable bonds is 5. The van der Waals surface area contributed by atoms with E-state index in [0.29, 0.717) is 13.2 Å². The molecule has 70 valence electrons. The quantitative estimate of drug-likeness (QED) is 0.556. The molecule has 0 bridgehead atoms. The number of hydrogen-bond donors (Lipinski definition) is 2. The molecule has 4 nitrogen and oxygen atoms in total. The Balaban J connectivity index is 2.04. The van der Waals surface area contributed by atoms with Gasteiger partial charge < -0.3 is 15.8 Å². The number of carbonyl (C=O) groups excluding carboxylic acids is 1. The van der Waals surface area contributed by atoms with E-state index in [-0.39, 0.29) is 18.1 Å². The standard InChI is InChI=1S/C8H16N2O2/c1-8(2-3-8)10-7(11)6-12-5-4-9/h2-6,9H2,1H3,(H,10,11). The Labute approximate surface area is 72.5 Å². The summed E-state index contributed by atoms with van der Waals surface area (Å²) >= 11 is 0. The van der Waals surface area contributed by atoms with Gasteiger partial charge >= 0.3 is 0 Å². The summed E-state index contributed by atoms with van der Waals surface area (Å²) in [6.07, 6.45) is 2.16. The summed E-state index contributed by atoms with van der Waals surface area (Å²) in [6.45, 7) is 3.08. The van der Waals surface area contributed by atoms with E-state index < -0.39 is 0 Å². The molecule has 0 unspecified atom stereocenters. The molecule has 0 aromatic rings. The third-order valence-corrected chi connectivity index (χ3v) is 1.94. The molecule has 1 aliphatic rings. The topological polar surface area (TPSA) is 64.3 Å². The van der Waals surface area contributed by atoms with Crippen molar-refractivity contribution in [1.29, 1.82) is 0 Å². The molecule has 1 aliphatic carbocycles. The third-order valence-electron chi connectivity index (χ3n) is 1.94. The summed E-state index contributed by atoms with van der Waals surface area (Å²) in [5.74, 6) is -0.0385. The van der Waals surface area contributed by atoms with Gasteiger partial charge in [0.15, 0.2) is 0 Å². The van der Waals surface area contributed by atoms with Crippen LogP contribution < -0.4 is 11.1 Å². The summed E-state index contributed by atoms with van der Waals surface area (Å²) in [6, 6.07) is 0. The Morgan fingerprint density at radius 2 is 2.33 bits per heavy atom. The normalized spacial score (nSPS) is 18.8. The van der Waals surface area contributed by atoms with Crippen molar-refractivity contribution in [2.75, 3.05) is 19.8 Å². The first-order chi connectivity index (χ1) is 5.66. The minimum absolute atomic E-state index is 0.0385. The van der Waals surface area contributed by atoms with Crippen LogP contribution in [0.3, 0.4) is 0 Å². The van der Waals surface area contributed by atoms with Gasteiger partial charge in [-0.2, -0.15) is 0 Å². The maximum atomic E-state index is 11.1. The first-order valence-electron chi connectivity index (χ1n) is 4.25. The summed E-state index contributed by atoms with van der Waals surface area (Å²) in [5.41, 5.74) is 5.26. The van der Waals surface area contributed by atoms with Crippen LogP contribution in [0.25, 0.3) is 0 Å². The zero-order valence-electron chi connectivity index (χ0n) is 7.43. The van der Waals surface area contributed by atoms with E-state index in [4.69, 9.17) is 10.5 Å². The van der Waals surface area contributed by atoms with Crippen LogP contribution in [0.5, 0.6) is 0 Å². The highest BCUT2D eigenvalue weighted by Gasteiger charge is 2.38. The molecule has 0 aromatic heterocycles. The van der Waals surface area contributed by atoms with Gasteiger partial charge in [0.1, 0.15) is 6.61 Å². The molecule has 3 N–H and O–H groups in total. The Morgan fingerprint density at radius 1 is 1.67 bits per heavy atom. The lowest BCUT2D eigenvalue weighted by atomic mass is 10.3. The highest BCUT2D eigenvalue weighted by atomic mass is 16.5. The molecule has 1 amide bonds. The Kier molecular flexibility index (Phi) is 3.05.